The van der Waals surface area contributed by atoms with Crippen molar-refractivity contribution in [2.75, 3.05) is 13.1 Å². The lowest BCUT2D eigenvalue weighted by Crippen LogP contribution is -2.46. The molecule has 0 aliphatic carbocycles. The van der Waals surface area contributed by atoms with E-state index in [1.807, 2.05) is 60.7 Å². The van der Waals surface area contributed by atoms with Crippen LogP contribution >= 0.6 is 0 Å². The largest absolute Gasteiger partial charge is 0.474 e. The average Bonchev–Trinajstić information content (AvgIpc) is 3.21. The number of Topliss-reactive ketones (excluding diaryl/α,β-unsaturated/α-hetero) is 1. The molecule has 26 heavy (non-hydrogen) atoms. The number of nitrogens with zero attached hydrogens (tertiary/aromatic N) is 1. The lowest BCUT2D eigenvalue weighted by molar-refractivity contribution is -0.130. The molecule has 2 aromatic carbocycles. The van der Waals surface area contributed by atoms with Crippen molar-refractivity contribution in [2.24, 2.45) is 5.92 Å². The van der Waals surface area contributed by atoms with Crippen LogP contribution < -0.4 is 4.74 Å². The van der Waals surface area contributed by atoms with E-state index in [4.69, 9.17) is 4.74 Å². The standard InChI is InChI=1S/C23H29NO2/c1-2-11-21(22(25)18-19-12-5-3-6-13-19)23(24-16-9-10-17-24)26-20-14-7-4-8-15-20/h3-8,12-15,21,23H,2,9-11,16-18H2,1H3. The topological polar surface area (TPSA) is 29.5 Å². The van der Waals surface area contributed by atoms with Crippen molar-refractivity contribution in [3.05, 3.63) is 66.2 Å². The third-order valence-corrected chi connectivity index (χ3v) is 5.08. The SMILES string of the molecule is CCCC(C(=O)Cc1ccccc1)C(Oc1ccccc1)N1CCCC1. The summed E-state index contributed by atoms with van der Waals surface area (Å²) in [6, 6.07) is 20.0. The van der Waals surface area contributed by atoms with E-state index in [0.717, 1.165) is 37.2 Å². The molecule has 0 saturated carbocycles. The lowest BCUT2D eigenvalue weighted by Gasteiger charge is -2.34. The van der Waals surface area contributed by atoms with Gasteiger partial charge in [0.15, 0.2) is 6.23 Å². The molecule has 0 spiro atoms. The van der Waals surface area contributed by atoms with Crippen molar-refractivity contribution < 1.29 is 9.53 Å². The van der Waals surface area contributed by atoms with Gasteiger partial charge in [-0.25, -0.2) is 0 Å². The fourth-order valence-corrected chi connectivity index (χ4v) is 3.75. The molecule has 1 heterocycles. The number of hydrogen-bond donors (Lipinski definition) is 0. The fraction of sp³-hybridized carbons (Fsp3) is 0.435. The first kappa shape index (κ1) is 18.7. The second-order valence-corrected chi connectivity index (χ2v) is 7.09. The van der Waals surface area contributed by atoms with Gasteiger partial charge >= 0.3 is 0 Å². The first-order valence-corrected chi connectivity index (χ1v) is 9.80. The van der Waals surface area contributed by atoms with Crippen molar-refractivity contribution in [3.8, 4) is 5.75 Å². The van der Waals surface area contributed by atoms with Gasteiger partial charge in [-0.1, -0.05) is 61.9 Å². The minimum Gasteiger partial charge on any atom is -0.474 e. The van der Waals surface area contributed by atoms with Crippen LogP contribution in [0.3, 0.4) is 0 Å². The first-order valence-electron chi connectivity index (χ1n) is 9.80. The molecule has 2 unspecified atom stereocenters. The van der Waals surface area contributed by atoms with Crippen LogP contribution in [0.4, 0.5) is 0 Å². The highest BCUT2D eigenvalue weighted by atomic mass is 16.5. The van der Waals surface area contributed by atoms with E-state index in [2.05, 4.69) is 11.8 Å². The van der Waals surface area contributed by atoms with Crippen molar-refractivity contribution in [2.45, 2.75) is 45.3 Å². The summed E-state index contributed by atoms with van der Waals surface area (Å²) in [6.45, 7) is 4.17. The molecule has 0 bridgehead atoms. The highest BCUT2D eigenvalue weighted by Crippen LogP contribution is 2.26. The molecule has 1 saturated heterocycles. The van der Waals surface area contributed by atoms with Crippen molar-refractivity contribution in [1.29, 1.82) is 0 Å². The van der Waals surface area contributed by atoms with E-state index in [0.29, 0.717) is 6.42 Å². The quantitative estimate of drug-likeness (QED) is 0.655. The van der Waals surface area contributed by atoms with Crippen LogP contribution in [0.15, 0.2) is 60.7 Å². The van der Waals surface area contributed by atoms with Gasteiger partial charge in [0.2, 0.25) is 0 Å². The van der Waals surface area contributed by atoms with Crippen molar-refractivity contribution in [1.82, 2.24) is 4.90 Å². The molecule has 138 valence electrons. The average molecular weight is 351 g/mol. The van der Waals surface area contributed by atoms with Crippen LogP contribution in [0.25, 0.3) is 0 Å². The van der Waals surface area contributed by atoms with Gasteiger partial charge in [0, 0.05) is 19.5 Å². The van der Waals surface area contributed by atoms with Crippen LogP contribution in [0.1, 0.15) is 38.2 Å². The Morgan fingerprint density at radius 3 is 2.23 bits per heavy atom. The number of ether oxygens (including phenoxy) is 1. The first-order chi connectivity index (χ1) is 12.8. The Morgan fingerprint density at radius 2 is 1.62 bits per heavy atom. The fourth-order valence-electron chi connectivity index (χ4n) is 3.75. The summed E-state index contributed by atoms with van der Waals surface area (Å²) < 4.78 is 6.38. The summed E-state index contributed by atoms with van der Waals surface area (Å²) >= 11 is 0. The number of likely N-dealkylation sites (tertiary alicyclic amines) is 1. The van der Waals surface area contributed by atoms with Crippen LogP contribution in [0, 0.1) is 5.92 Å². The van der Waals surface area contributed by atoms with Gasteiger partial charge in [0.1, 0.15) is 11.5 Å². The van der Waals surface area contributed by atoms with Gasteiger partial charge < -0.3 is 4.74 Å². The number of hydrogen-bond acceptors (Lipinski definition) is 3. The van der Waals surface area contributed by atoms with E-state index in [9.17, 15) is 4.79 Å². The predicted molar refractivity (Wildman–Crippen MR) is 105 cm³/mol. The summed E-state index contributed by atoms with van der Waals surface area (Å²) in [5.41, 5.74) is 1.08. The minimum absolute atomic E-state index is 0.0986. The van der Waals surface area contributed by atoms with Crippen molar-refractivity contribution >= 4 is 5.78 Å². The Kier molecular flexibility index (Phi) is 6.84. The molecule has 3 heteroatoms. The Morgan fingerprint density at radius 1 is 1.00 bits per heavy atom. The molecule has 0 radical (unpaired) electrons. The zero-order valence-electron chi connectivity index (χ0n) is 15.6. The third-order valence-electron chi connectivity index (χ3n) is 5.08. The molecule has 1 aliphatic heterocycles. The number of para-hydroxylation sites is 1. The Hall–Kier alpha value is -2.13. The summed E-state index contributed by atoms with van der Waals surface area (Å²) in [5, 5.41) is 0. The molecule has 0 aromatic heterocycles. The number of rotatable bonds is 9. The van der Waals surface area contributed by atoms with E-state index in [-0.39, 0.29) is 17.9 Å². The maximum absolute atomic E-state index is 13.2. The van der Waals surface area contributed by atoms with E-state index < -0.39 is 0 Å². The number of carbonyl (C=O) groups excluding carboxylic acids is 1. The lowest BCUT2D eigenvalue weighted by atomic mass is 9.91. The van der Waals surface area contributed by atoms with Gasteiger partial charge in [-0.15, -0.1) is 0 Å². The molecule has 1 aliphatic rings. The van der Waals surface area contributed by atoms with Crippen LogP contribution in [0.2, 0.25) is 0 Å². The molecule has 1 fully saturated rings. The zero-order valence-corrected chi connectivity index (χ0v) is 15.6. The van der Waals surface area contributed by atoms with E-state index in [1.54, 1.807) is 0 Å². The maximum atomic E-state index is 13.2. The van der Waals surface area contributed by atoms with E-state index in [1.165, 1.54) is 12.8 Å². The second kappa shape index (κ2) is 9.54. The minimum atomic E-state index is -0.170. The Labute approximate surface area is 157 Å². The Balaban J connectivity index is 1.80. The molecule has 3 rings (SSSR count). The second-order valence-electron chi connectivity index (χ2n) is 7.09. The van der Waals surface area contributed by atoms with Gasteiger partial charge in [-0.3, -0.25) is 9.69 Å². The van der Waals surface area contributed by atoms with Crippen LogP contribution in [-0.4, -0.2) is 30.0 Å². The van der Waals surface area contributed by atoms with Gasteiger partial charge in [-0.05, 0) is 37.0 Å². The summed E-state index contributed by atoms with van der Waals surface area (Å²) in [5.74, 6) is 1.03. The third kappa shape index (κ3) is 4.95. The number of benzene rings is 2. The monoisotopic (exact) mass is 351 g/mol. The molecule has 2 atom stereocenters. The summed E-state index contributed by atoms with van der Waals surface area (Å²) in [4.78, 5) is 15.5. The summed E-state index contributed by atoms with van der Waals surface area (Å²) in [7, 11) is 0. The highest BCUT2D eigenvalue weighted by molar-refractivity contribution is 5.83. The molecule has 3 nitrogen and oxygen atoms in total. The molecule has 0 N–H and O–H groups in total. The van der Waals surface area contributed by atoms with Gasteiger partial charge in [0.05, 0.1) is 5.92 Å². The zero-order chi connectivity index (χ0) is 18.2. The van der Waals surface area contributed by atoms with Crippen LogP contribution in [-0.2, 0) is 11.2 Å². The predicted octanol–water partition coefficient (Wildman–Crippen LogP) is 4.72. The Bertz CT molecular complexity index is 665. The number of ketones is 1. The maximum Gasteiger partial charge on any atom is 0.162 e. The molecule has 2 aromatic rings. The van der Waals surface area contributed by atoms with Crippen LogP contribution in [0.5, 0.6) is 5.75 Å². The number of carbonyl (C=O) groups is 1. The van der Waals surface area contributed by atoms with Crippen molar-refractivity contribution in [3.63, 3.8) is 0 Å². The molecular weight excluding hydrogens is 322 g/mol. The molecular formula is C23H29NO2. The summed E-state index contributed by atoms with van der Waals surface area (Å²) in [6.07, 6.45) is 4.51. The molecule has 0 amide bonds. The van der Waals surface area contributed by atoms with Gasteiger partial charge in [0.25, 0.3) is 0 Å². The smallest absolute Gasteiger partial charge is 0.162 e. The normalized spacial score (nSPS) is 17.0. The van der Waals surface area contributed by atoms with E-state index >= 15 is 0 Å². The highest BCUT2D eigenvalue weighted by Gasteiger charge is 2.35. The van der Waals surface area contributed by atoms with Gasteiger partial charge in [-0.2, -0.15) is 0 Å².